The number of nitrogens with one attached hydrogen (secondary N) is 1. The molecule has 0 unspecified atom stereocenters. The summed E-state index contributed by atoms with van der Waals surface area (Å²) < 4.78 is 38.3. The average molecular weight is 373 g/mol. The number of aryl methyl sites for hydroxylation is 2. The largest absolute Gasteiger partial charge is 0.416 e. The molecule has 0 saturated heterocycles. The van der Waals surface area contributed by atoms with Crippen LogP contribution in [0.1, 0.15) is 27.3 Å². The summed E-state index contributed by atoms with van der Waals surface area (Å²) in [7, 11) is 0. The van der Waals surface area contributed by atoms with Gasteiger partial charge in [-0.2, -0.15) is 23.1 Å². The van der Waals surface area contributed by atoms with Crippen molar-refractivity contribution in [2.24, 2.45) is 0 Å². The molecule has 0 saturated carbocycles. The summed E-state index contributed by atoms with van der Waals surface area (Å²) in [6.07, 6.45) is -2.89. The van der Waals surface area contributed by atoms with Crippen LogP contribution in [-0.4, -0.2) is 25.8 Å². The first-order valence-corrected chi connectivity index (χ1v) is 7.87. The van der Waals surface area contributed by atoms with Crippen molar-refractivity contribution >= 4 is 11.9 Å². The Morgan fingerprint density at radius 1 is 1.04 bits per heavy atom. The van der Waals surface area contributed by atoms with Gasteiger partial charge in [0, 0.05) is 11.8 Å². The Labute approximate surface area is 152 Å². The van der Waals surface area contributed by atoms with Gasteiger partial charge in [0.05, 0.1) is 5.56 Å². The molecule has 9 heteroatoms. The number of anilines is 1. The first kappa shape index (κ1) is 18.4. The molecule has 1 aromatic carbocycles. The summed E-state index contributed by atoms with van der Waals surface area (Å²) in [5.74, 6) is 0.0267. The monoisotopic (exact) mass is 373 g/mol. The van der Waals surface area contributed by atoms with Gasteiger partial charge in [-0.15, -0.1) is 0 Å². The quantitative estimate of drug-likeness (QED) is 0.755. The summed E-state index contributed by atoms with van der Waals surface area (Å²) in [5.41, 5.74) is -0.0206. The van der Waals surface area contributed by atoms with Crippen molar-refractivity contribution in [3.05, 3.63) is 65.1 Å². The zero-order valence-corrected chi connectivity index (χ0v) is 14.4. The Morgan fingerprint density at radius 3 is 2.44 bits per heavy atom. The van der Waals surface area contributed by atoms with E-state index in [2.05, 4.69) is 25.3 Å². The van der Waals surface area contributed by atoms with Crippen molar-refractivity contribution in [1.82, 2.24) is 19.9 Å². The van der Waals surface area contributed by atoms with Crippen molar-refractivity contribution in [2.45, 2.75) is 20.0 Å². The topological polar surface area (TPSA) is 80.7 Å². The van der Waals surface area contributed by atoms with Gasteiger partial charge in [-0.25, -0.2) is 4.98 Å². The Morgan fingerprint density at radius 2 is 1.81 bits per heavy atom. The molecule has 0 spiro atoms. The number of alkyl halides is 3. The molecular weight excluding hydrogens is 359 g/mol. The predicted molar refractivity (Wildman–Crippen MR) is 91.9 cm³/mol. The van der Waals surface area contributed by atoms with E-state index in [1.165, 1.54) is 6.92 Å². The molecule has 0 bridgehead atoms. The minimum atomic E-state index is -4.47. The standard InChI is InChI=1S/C18H14F3N5O/c1-10-9-12(18(19,20)21)6-7-13(10)16(27)26-17-24-11(2)23-15(25-17)14-5-3-4-8-22-14/h3-9H,1-2H3,(H,23,24,25,26,27). The molecule has 1 amide bonds. The smallest absolute Gasteiger partial charge is 0.290 e. The number of carbonyl (C=O) groups is 1. The third-order valence-electron chi connectivity index (χ3n) is 3.66. The highest BCUT2D eigenvalue weighted by molar-refractivity contribution is 6.04. The van der Waals surface area contributed by atoms with Crippen LogP contribution in [0.4, 0.5) is 19.1 Å². The van der Waals surface area contributed by atoms with E-state index in [0.29, 0.717) is 11.5 Å². The van der Waals surface area contributed by atoms with E-state index in [9.17, 15) is 18.0 Å². The molecule has 0 aliphatic carbocycles. The fourth-order valence-corrected chi connectivity index (χ4v) is 2.41. The molecule has 6 nitrogen and oxygen atoms in total. The lowest BCUT2D eigenvalue weighted by Gasteiger charge is -2.11. The lowest BCUT2D eigenvalue weighted by molar-refractivity contribution is -0.137. The summed E-state index contributed by atoms with van der Waals surface area (Å²) in [4.78, 5) is 29.0. The Bertz CT molecular complexity index is 990. The normalized spacial score (nSPS) is 11.3. The van der Waals surface area contributed by atoms with Crippen LogP contribution in [0.3, 0.4) is 0 Å². The molecule has 0 aliphatic rings. The Hall–Kier alpha value is -3.36. The second-order valence-electron chi connectivity index (χ2n) is 5.73. The summed E-state index contributed by atoms with van der Waals surface area (Å²) in [6.45, 7) is 3.06. The van der Waals surface area contributed by atoms with E-state index >= 15 is 0 Å². The number of hydrogen-bond acceptors (Lipinski definition) is 5. The van der Waals surface area contributed by atoms with Gasteiger partial charge in [0.2, 0.25) is 5.95 Å². The maximum Gasteiger partial charge on any atom is 0.416 e. The van der Waals surface area contributed by atoms with Crippen molar-refractivity contribution in [3.8, 4) is 11.5 Å². The predicted octanol–water partition coefficient (Wildman–Crippen LogP) is 3.82. The molecule has 2 heterocycles. The van der Waals surface area contributed by atoms with Crippen molar-refractivity contribution < 1.29 is 18.0 Å². The second-order valence-corrected chi connectivity index (χ2v) is 5.73. The van der Waals surface area contributed by atoms with Gasteiger partial charge in [-0.1, -0.05) is 6.07 Å². The Kier molecular flexibility index (Phi) is 4.85. The third-order valence-corrected chi connectivity index (χ3v) is 3.66. The van der Waals surface area contributed by atoms with Crippen LogP contribution in [0.25, 0.3) is 11.5 Å². The van der Waals surface area contributed by atoms with Crippen LogP contribution in [0.5, 0.6) is 0 Å². The van der Waals surface area contributed by atoms with Gasteiger partial charge >= 0.3 is 6.18 Å². The molecule has 1 N–H and O–H groups in total. The van der Waals surface area contributed by atoms with E-state index in [1.807, 2.05) is 0 Å². The minimum absolute atomic E-state index is 0.00699. The van der Waals surface area contributed by atoms with Crippen LogP contribution in [0, 0.1) is 13.8 Å². The molecule has 3 rings (SSSR count). The van der Waals surface area contributed by atoms with Crippen LogP contribution in [0.2, 0.25) is 0 Å². The van der Waals surface area contributed by atoms with E-state index in [-0.39, 0.29) is 22.9 Å². The van der Waals surface area contributed by atoms with Crippen LogP contribution in [0.15, 0.2) is 42.6 Å². The molecule has 0 radical (unpaired) electrons. The number of nitrogens with zero attached hydrogens (tertiary/aromatic N) is 4. The third kappa shape index (κ3) is 4.25. The molecule has 138 valence electrons. The van der Waals surface area contributed by atoms with Crippen molar-refractivity contribution in [2.75, 3.05) is 5.32 Å². The van der Waals surface area contributed by atoms with Gasteiger partial charge in [-0.3, -0.25) is 15.1 Å². The van der Waals surface area contributed by atoms with Crippen molar-refractivity contribution in [1.29, 1.82) is 0 Å². The minimum Gasteiger partial charge on any atom is -0.290 e. The molecule has 3 aromatic rings. The lowest BCUT2D eigenvalue weighted by Crippen LogP contribution is -2.17. The fraction of sp³-hybridized carbons (Fsp3) is 0.167. The second kappa shape index (κ2) is 7.10. The van der Waals surface area contributed by atoms with Crippen LogP contribution in [-0.2, 0) is 6.18 Å². The first-order valence-electron chi connectivity index (χ1n) is 7.87. The number of rotatable bonds is 3. The maximum atomic E-state index is 12.8. The fourth-order valence-electron chi connectivity index (χ4n) is 2.41. The van der Waals surface area contributed by atoms with Gasteiger partial charge in [0.15, 0.2) is 5.82 Å². The molecule has 27 heavy (non-hydrogen) atoms. The zero-order chi connectivity index (χ0) is 19.6. The number of amides is 1. The zero-order valence-electron chi connectivity index (χ0n) is 14.4. The first-order chi connectivity index (χ1) is 12.7. The van der Waals surface area contributed by atoms with Gasteiger partial charge in [-0.05, 0) is 49.7 Å². The molecule has 0 fully saturated rings. The van der Waals surface area contributed by atoms with Gasteiger partial charge in [0.1, 0.15) is 11.5 Å². The number of benzene rings is 1. The summed E-state index contributed by atoms with van der Waals surface area (Å²) >= 11 is 0. The molecule has 2 aromatic heterocycles. The highest BCUT2D eigenvalue weighted by Crippen LogP contribution is 2.30. The highest BCUT2D eigenvalue weighted by Gasteiger charge is 2.31. The number of halogens is 3. The molecular formula is C18H14F3N5O. The average Bonchev–Trinajstić information content (AvgIpc) is 2.61. The number of pyridine rings is 1. The SMILES string of the molecule is Cc1nc(NC(=O)c2ccc(C(F)(F)F)cc2C)nc(-c2ccccn2)n1. The van der Waals surface area contributed by atoms with E-state index in [1.54, 1.807) is 31.3 Å². The van der Waals surface area contributed by atoms with E-state index in [0.717, 1.165) is 18.2 Å². The lowest BCUT2D eigenvalue weighted by atomic mass is 10.0. The number of carbonyl (C=O) groups excluding carboxylic acids is 1. The van der Waals surface area contributed by atoms with Crippen LogP contribution >= 0.6 is 0 Å². The highest BCUT2D eigenvalue weighted by atomic mass is 19.4. The summed E-state index contributed by atoms with van der Waals surface area (Å²) in [6, 6.07) is 8.13. The van der Waals surface area contributed by atoms with Gasteiger partial charge < -0.3 is 0 Å². The summed E-state index contributed by atoms with van der Waals surface area (Å²) in [5, 5.41) is 2.50. The number of aromatic nitrogens is 4. The van der Waals surface area contributed by atoms with E-state index in [4.69, 9.17) is 0 Å². The van der Waals surface area contributed by atoms with Crippen LogP contribution < -0.4 is 5.32 Å². The maximum absolute atomic E-state index is 12.8. The number of hydrogen-bond donors (Lipinski definition) is 1. The Balaban J connectivity index is 1.87. The van der Waals surface area contributed by atoms with E-state index < -0.39 is 17.6 Å². The molecule has 0 aliphatic heterocycles. The van der Waals surface area contributed by atoms with Gasteiger partial charge in [0.25, 0.3) is 5.91 Å². The van der Waals surface area contributed by atoms with Crippen molar-refractivity contribution in [3.63, 3.8) is 0 Å². The molecule has 0 atom stereocenters.